The summed E-state index contributed by atoms with van der Waals surface area (Å²) < 4.78 is 15.1. The van der Waals surface area contributed by atoms with Crippen LogP contribution in [0.4, 0.5) is 0 Å². The van der Waals surface area contributed by atoms with Gasteiger partial charge in [-0.05, 0) is 43.9 Å². The summed E-state index contributed by atoms with van der Waals surface area (Å²) in [7, 11) is 0. The SMILES string of the molecule is C[C@@H](OC(=O)[C@@H](N)Cc1ccc(OC(=O)[C@@H](N)CCCN=C(N)N)cc1)[C@H](N)C(=O)OC[C@H](N)C(=O)O. The lowest BCUT2D eigenvalue weighted by molar-refractivity contribution is -0.158. The van der Waals surface area contributed by atoms with Crippen LogP contribution in [0.5, 0.6) is 5.75 Å². The second-order valence-electron chi connectivity index (χ2n) is 8.17. The number of aliphatic carboxylic acids is 1. The molecule has 1 aromatic carbocycles. The van der Waals surface area contributed by atoms with E-state index in [0.717, 1.165) is 0 Å². The lowest BCUT2D eigenvalue weighted by Gasteiger charge is -2.21. The lowest BCUT2D eigenvalue weighted by atomic mass is 10.1. The molecular weight excluding hydrogens is 490 g/mol. The molecule has 13 N–H and O–H groups in total. The fourth-order valence-corrected chi connectivity index (χ4v) is 2.73. The quantitative estimate of drug-likeness (QED) is 0.0396. The average molecular weight is 526 g/mol. The van der Waals surface area contributed by atoms with Crippen molar-refractivity contribution in [2.24, 2.45) is 39.4 Å². The summed E-state index contributed by atoms with van der Waals surface area (Å²) in [6.45, 7) is 1.12. The van der Waals surface area contributed by atoms with Gasteiger partial charge in [-0.25, -0.2) is 4.79 Å². The molecule has 0 saturated heterocycles. The number of aliphatic imine (C=N–C) groups is 1. The van der Waals surface area contributed by atoms with E-state index in [4.69, 9.17) is 53.7 Å². The maximum Gasteiger partial charge on any atom is 0.328 e. The smallest absolute Gasteiger partial charge is 0.328 e. The first-order chi connectivity index (χ1) is 17.3. The Kier molecular flexibility index (Phi) is 13.0. The molecule has 0 bridgehead atoms. The maximum absolute atomic E-state index is 12.3. The third-order valence-electron chi connectivity index (χ3n) is 4.97. The van der Waals surface area contributed by atoms with Gasteiger partial charge in [-0.1, -0.05) is 12.1 Å². The van der Waals surface area contributed by atoms with Crippen LogP contribution in [0.3, 0.4) is 0 Å². The number of carbonyl (C=O) groups excluding carboxylic acids is 3. The average Bonchev–Trinajstić information content (AvgIpc) is 2.84. The van der Waals surface area contributed by atoms with Crippen molar-refractivity contribution in [1.82, 2.24) is 0 Å². The number of guanidine groups is 1. The van der Waals surface area contributed by atoms with Crippen molar-refractivity contribution in [1.29, 1.82) is 0 Å². The largest absolute Gasteiger partial charge is 0.480 e. The van der Waals surface area contributed by atoms with E-state index >= 15 is 0 Å². The molecule has 1 aromatic rings. The van der Waals surface area contributed by atoms with E-state index in [0.29, 0.717) is 24.9 Å². The number of carboxylic acids is 1. The van der Waals surface area contributed by atoms with Crippen LogP contribution < -0.4 is 39.1 Å². The van der Waals surface area contributed by atoms with Crippen LogP contribution in [-0.4, -0.2) is 78.4 Å². The summed E-state index contributed by atoms with van der Waals surface area (Å²) in [5.74, 6) is -3.55. The highest BCUT2D eigenvalue weighted by molar-refractivity contribution is 5.80. The lowest BCUT2D eigenvalue weighted by Crippen LogP contribution is -2.47. The highest BCUT2D eigenvalue weighted by atomic mass is 16.6. The molecule has 0 aromatic heterocycles. The highest BCUT2D eigenvalue weighted by Crippen LogP contribution is 2.15. The molecule has 0 radical (unpaired) electrons. The molecule has 0 aliphatic heterocycles. The number of nitrogens with two attached hydrogens (primary N) is 6. The summed E-state index contributed by atoms with van der Waals surface area (Å²) in [6.07, 6.45) is -0.181. The molecule has 15 heteroatoms. The second kappa shape index (κ2) is 15.4. The molecule has 0 amide bonds. The predicted octanol–water partition coefficient (Wildman–Crippen LogP) is -2.94. The number of hydrogen-bond donors (Lipinski definition) is 7. The maximum atomic E-state index is 12.3. The summed E-state index contributed by atoms with van der Waals surface area (Å²) in [6, 6.07) is 1.55. The van der Waals surface area contributed by atoms with Crippen molar-refractivity contribution in [2.45, 2.75) is 56.5 Å². The molecule has 0 unspecified atom stereocenters. The zero-order valence-corrected chi connectivity index (χ0v) is 20.4. The van der Waals surface area contributed by atoms with Crippen LogP contribution in [0.25, 0.3) is 0 Å². The van der Waals surface area contributed by atoms with Crippen LogP contribution in [-0.2, 0) is 35.1 Å². The highest BCUT2D eigenvalue weighted by Gasteiger charge is 2.28. The molecule has 15 nitrogen and oxygen atoms in total. The monoisotopic (exact) mass is 525 g/mol. The fraction of sp³-hybridized carbons (Fsp3) is 0.500. The number of rotatable bonds is 15. The molecule has 0 saturated carbocycles. The Bertz CT molecular complexity index is 953. The minimum atomic E-state index is -1.41. The van der Waals surface area contributed by atoms with Gasteiger partial charge in [0.2, 0.25) is 0 Å². The van der Waals surface area contributed by atoms with Gasteiger partial charge in [0, 0.05) is 6.54 Å². The molecule has 0 aliphatic carbocycles. The number of benzene rings is 1. The van der Waals surface area contributed by atoms with Crippen molar-refractivity contribution < 1.29 is 38.5 Å². The Hall–Kier alpha value is -3.79. The molecule has 0 aliphatic rings. The standard InChI is InChI=1S/C22H35N7O8/c1-11(17(26)21(34)35-10-16(25)18(30)31)36-20(33)15(24)9-12-4-6-13(7-5-12)37-19(32)14(23)3-2-8-29-22(27)28/h4-7,11,14-17H,2-3,8-10,23-26H2,1H3,(H,30,31)(H4,27,28,29)/t11-,14+,15+,16+,17+/m1/s1. The summed E-state index contributed by atoms with van der Waals surface area (Å²) in [5, 5.41) is 8.70. The summed E-state index contributed by atoms with van der Waals surface area (Å²) >= 11 is 0. The van der Waals surface area contributed by atoms with Gasteiger partial charge >= 0.3 is 23.9 Å². The third-order valence-corrected chi connectivity index (χ3v) is 4.97. The first-order valence-corrected chi connectivity index (χ1v) is 11.3. The van der Waals surface area contributed by atoms with E-state index < -0.39 is 60.8 Å². The van der Waals surface area contributed by atoms with Gasteiger partial charge < -0.3 is 53.7 Å². The second-order valence-corrected chi connectivity index (χ2v) is 8.17. The molecule has 37 heavy (non-hydrogen) atoms. The van der Waals surface area contributed by atoms with Crippen molar-refractivity contribution in [3.8, 4) is 5.75 Å². The first-order valence-electron chi connectivity index (χ1n) is 11.3. The van der Waals surface area contributed by atoms with E-state index in [1.165, 1.54) is 19.1 Å². The van der Waals surface area contributed by atoms with E-state index in [1.54, 1.807) is 12.1 Å². The fourth-order valence-electron chi connectivity index (χ4n) is 2.73. The third kappa shape index (κ3) is 11.7. The minimum absolute atomic E-state index is 0.0393. The van der Waals surface area contributed by atoms with Crippen LogP contribution in [0.2, 0.25) is 0 Å². The molecule has 206 valence electrons. The van der Waals surface area contributed by atoms with Gasteiger partial charge in [0.05, 0.1) is 0 Å². The van der Waals surface area contributed by atoms with Crippen molar-refractivity contribution in [3.05, 3.63) is 29.8 Å². The Labute approximate surface area is 213 Å². The molecule has 0 spiro atoms. The van der Waals surface area contributed by atoms with Crippen LogP contribution in [0.15, 0.2) is 29.3 Å². The van der Waals surface area contributed by atoms with Crippen LogP contribution >= 0.6 is 0 Å². The zero-order chi connectivity index (χ0) is 28.1. The number of carboxylic acid groups (broad SMARTS) is 1. The number of nitrogens with zero attached hydrogens (tertiary/aromatic N) is 1. The number of esters is 3. The summed E-state index contributed by atoms with van der Waals surface area (Å²) in [4.78, 5) is 50.8. The van der Waals surface area contributed by atoms with E-state index in [1.807, 2.05) is 0 Å². The Morgan fingerprint density at radius 2 is 1.54 bits per heavy atom. The van der Waals surface area contributed by atoms with Gasteiger partial charge in [0.25, 0.3) is 0 Å². The minimum Gasteiger partial charge on any atom is -0.480 e. The van der Waals surface area contributed by atoms with Crippen LogP contribution in [0, 0.1) is 0 Å². The molecular formula is C22H35N7O8. The van der Waals surface area contributed by atoms with Gasteiger partial charge in [-0.2, -0.15) is 0 Å². The van der Waals surface area contributed by atoms with Gasteiger partial charge in [0.1, 0.15) is 42.6 Å². The molecule has 0 fully saturated rings. The van der Waals surface area contributed by atoms with Gasteiger partial charge in [-0.3, -0.25) is 19.4 Å². The normalized spacial score (nSPS) is 14.8. The predicted molar refractivity (Wildman–Crippen MR) is 132 cm³/mol. The van der Waals surface area contributed by atoms with Gasteiger partial charge in [-0.15, -0.1) is 0 Å². The summed E-state index contributed by atoms with van der Waals surface area (Å²) in [5.41, 5.74) is 33.8. The zero-order valence-electron chi connectivity index (χ0n) is 20.4. The van der Waals surface area contributed by atoms with Crippen molar-refractivity contribution >= 4 is 29.8 Å². The van der Waals surface area contributed by atoms with E-state index in [2.05, 4.69) is 4.99 Å². The van der Waals surface area contributed by atoms with Gasteiger partial charge in [0.15, 0.2) is 5.96 Å². The topological polar surface area (TPSA) is 285 Å². The molecule has 0 heterocycles. The van der Waals surface area contributed by atoms with Crippen molar-refractivity contribution in [3.63, 3.8) is 0 Å². The van der Waals surface area contributed by atoms with E-state index in [-0.39, 0.29) is 18.1 Å². The molecule has 5 atom stereocenters. The Balaban J connectivity index is 2.51. The van der Waals surface area contributed by atoms with E-state index in [9.17, 15) is 19.2 Å². The van der Waals surface area contributed by atoms with Crippen molar-refractivity contribution in [2.75, 3.05) is 13.2 Å². The Morgan fingerprint density at radius 1 is 0.919 bits per heavy atom. The number of ether oxygens (including phenoxy) is 3. The first kappa shape index (κ1) is 31.2. The van der Waals surface area contributed by atoms with Crippen LogP contribution in [0.1, 0.15) is 25.3 Å². The number of carbonyl (C=O) groups is 4. The Morgan fingerprint density at radius 3 is 2.11 bits per heavy atom. The number of hydrogen-bond acceptors (Lipinski definition) is 12. The molecule has 1 rings (SSSR count).